The highest BCUT2D eigenvalue weighted by Gasteiger charge is 2.20. The Bertz CT molecular complexity index is 461. The third-order valence-electron chi connectivity index (χ3n) is 2.34. The number of nitrogens with one attached hydrogen (secondary N) is 1. The fourth-order valence-corrected chi connectivity index (χ4v) is 2.28. The maximum Gasteiger partial charge on any atom is 0.326 e. The zero-order valence-corrected chi connectivity index (χ0v) is 12.5. The van der Waals surface area contributed by atoms with Gasteiger partial charge in [-0.15, -0.1) is 0 Å². The van der Waals surface area contributed by atoms with Crippen molar-refractivity contribution in [3.8, 4) is 0 Å². The Hall–Kier alpha value is -1.11. The Morgan fingerprint density at radius 1 is 1.47 bits per heavy atom. The van der Waals surface area contributed by atoms with E-state index >= 15 is 0 Å². The molecule has 0 aromatic heterocycles. The minimum atomic E-state index is -1.11. The molecule has 1 aromatic rings. The number of hydrogen-bond donors (Lipinski definition) is 2. The summed E-state index contributed by atoms with van der Waals surface area (Å²) < 4.78 is 5.45. The summed E-state index contributed by atoms with van der Waals surface area (Å²) in [6.07, 6.45) is 0.194. The Morgan fingerprint density at radius 3 is 2.68 bits per heavy atom. The molecule has 0 aliphatic carbocycles. The van der Waals surface area contributed by atoms with Crippen molar-refractivity contribution in [1.29, 1.82) is 0 Å². The molecule has 7 heteroatoms. The van der Waals surface area contributed by atoms with E-state index in [4.69, 9.17) is 21.4 Å². The average Bonchev–Trinajstić information content (AvgIpc) is 2.32. The monoisotopic (exact) mass is 349 g/mol. The maximum absolute atomic E-state index is 11.9. The molecule has 0 aliphatic heterocycles. The lowest BCUT2D eigenvalue weighted by Crippen LogP contribution is -2.41. The van der Waals surface area contributed by atoms with Crippen molar-refractivity contribution >= 4 is 39.4 Å². The molecule has 0 saturated heterocycles. The van der Waals surface area contributed by atoms with Crippen molar-refractivity contribution in [2.75, 3.05) is 13.7 Å². The molecule has 1 atom stereocenters. The van der Waals surface area contributed by atoms with Crippen LogP contribution in [0.4, 0.5) is 0 Å². The van der Waals surface area contributed by atoms with Crippen molar-refractivity contribution in [2.24, 2.45) is 0 Å². The van der Waals surface area contributed by atoms with Gasteiger partial charge in [0, 0.05) is 35.2 Å². The van der Waals surface area contributed by atoms with Crippen LogP contribution in [0.1, 0.15) is 16.8 Å². The van der Waals surface area contributed by atoms with Crippen molar-refractivity contribution < 1.29 is 19.4 Å². The van der Waals surface area contributed by atoms with E-state index in [0.717, 1.165) is 0 Å². The molecule has 5 nitrogen and oxygen atoms in total. The van der Waals surface area contributed by atoms with Gasteiger partial charge in [0.1, 0.15) is 6.04 Å². The van der Waals surface area contributed by atoms with Gasteiger partial charge in [-0.25, -0.2) is 4.79 Å². The molecule has 19 heavy (non-hydrogen) atoms. The van der Waals surface area contributed by atoms with Crippen LogP contribution in [0.25, 0.3) is 0 Å². The summed E-state index contributed by atoms with van der Waals surface area (Å²) in [7, 11) is 1.47. The molecule has 104 valence electrons. The van der Waals surface area contributed by atoms with Gasteiger partial charge >= 0.3 is 5.97 Å². The van der Waals surface area contributed by atoms with Crippen molar-refractivity contribution in [2.45, 2.75) is 12.5 Å². The third-order valence-corrected chi connectivity index (χ3v) is 3.01. The highest BCUT2D eigenvalue weighted by Crippen LogP contribution is 2.19. The Balaban J connectivity index is 2.78. The van der Waals surface area contributed by atoms with E-state index in [1.807, 2.05) is 0 Å². The van der Waals surface area contributed by atoms with Crippen LogP contribution in [-0.4, -0.2) is 36.7 Å². The number of benzene rings is 1. The number of carboxylic acids is 1. The number of carbonyl (C=O) groups is 2. The first kappa shape index (κ1) is 15.9. The van der Waals surface area contributed by atoms with Crippen LogP contribution >= 0.6 is 27.5 Å². The summed E-state index contributed by atoms with van der Waals surface area (Å²) in [5.74, 6) is -1.60. The van der Waals surface area contributed by atoms with Crippen LogP contribution in [0.3, 0.4) is 0 Å². The normalized spacial score (nSPS) is 11.9. The van der Waals surface area contributed by atoms with Crippen LogP contribution in [0.5, 0.6) is 0 Å². The molecular weight excluding hydrogens is 337 g/mol. The van der Waals surface area contributed by atoms with Crippen LogP contribution in [-0.2, 0) is 9.53 Å². The summed E-state index contributed by atoms with van der Waals surface area (Å²) >= 11 is 9.05. The summed E-state index contributed by atoms with van der Waals surface area (Å²) in [5, 5.41) is 11.8. The first-order valence-corrected chi connectivity index (χ1v) is 6.60. The molecule has 0 aliphatic rings. The quantitative estimate of drug-likeness (QED) is 0.825. The van der Waals surface area contributed by atoms with Gasteiger partial charge in [0.15, 0.2) is 0 Å². The summed E-state index contributed by atoms with van der Waals surface area (Å²) in [5.41, 5.74) is 0.294. The summed E-state index contributed by atoms with van der Waals surface area (Å²) in [6, 6.07) is 3.68. The van der Waals surface area contributed by atoms with Crippen LogP contribution in [0.2, 0.25) is 5.02 Å². The molecule has 0 fully saturated rings. The SMILES string of the molecule is COCCC(NC(=O)c1cc(Cl)cc(Br)c1)C(=O)O. The van der Waals surface area contributed by atoms with Crippen molar-refractivity contribution in [1.82, 2.24) is 5.32 Å². The molecule has 1 aromatic carbocycles. The van der Waals surface area contributed by atoms with E-state index in [2.05, 4.69) is 21.2 Å². The maximum atomic E-state index is 11.9. The molecule has 0 spiro atoms. The lowest BCUT2D eigenvalue weighted by Gasteiger charge is -2.14. The third kappa shape index (κ3) is 5.18. The van der Waals surface area contributed by atoms with Crippen LogP contribution < -0.4 is 5.32 Å². The second kappa shape index (κ2) is 7.47. The van der Waals surface area contributed by atoms with Gasteiger partial charge in [-0.3, -0.25) is 4.79 Å². The van der Waals surface area contributed by atoms with E-state index in [-0.39, 0.29) is 13.0 Å². The number of rotatable bonds is 6. The van der Waals surface area contributed by atoms with Gasteiger partial charge in [-0.05, 0) is 18.2 Å². The van der Waals surface area contributed by atoms with Crippen LogP contribution in [0, 0.1) is 0 Å². The highest BCUT2D eigenvalue weighted by molar-refractivity contribution is 9.10. The number of amides is 1. The standard InChI is InChI=1S/C12H13BrClNO4/c1-19-3-2-10(12(17)18)15-11(16)7-4-8(13)6-9(14)5-7/h4-6,10H,2-3H2,1H3,(H,15,16)(H,17,18). The number of aliphatic carboxylic acids is 1. The van der Waals surface area contributed by atoms with E-state index in [9.17, 15) is 9.59 Å². The van der Waals surface area contributed by atoms with E-state index in [1.54, 1.807) is 12.1 Å². The molecule has 2 N–H and O–H groups in total. The molecule has 0 saturated carbocycles. The molecule has 0 radical (unpaired) electrons. The first-order valence-electron chi connectivity index (χ1n) is 5.42. The zero-order valence-electron chi connectivity index (χ0n) is 10.2. The topological polar surface area (TPSA) is 75.6 Å². The second-order valence-electron chi connectivity index (χ2n) is 3.80. The first-order chi connectivity index (χ1) is 8.93. The second-order valence-corrected chi connectivity index (χ2v) is 5.16. The fraction of sp³-hybridized carbons (Fsp3) is 0.333. The van der Waals surface area contributed by atoms with Gasteiger partial charge in [0.05, 0.1) is 0 Å². The summed E-state index contributed by atoms with van der Waals surface area (Å²) in [6.45, 7) is 0.247. The van der Waals surface area contributed by atoms with E-state index < -0.39 is 17.9 Å². The molecule has 1 unspecified atom stereocenters. The predicted molar refractivity (Wildman–Crippen MR) is 74.5 cm³/mol. The summed E-state index contributed by atoms with van der Waals surface area (Å²) in [4.78, 5) is 22.9. The number of hydrogen-bond acceptors (Lipinski definition) is 3. The van der Waals surface area contributed by atoms with Crippen LogP contribution in [0.15, 0.2) is 22.7 Å². The number of halogens is 2. The largest absolute Gasteiger partial charge is 0.480 e. The molecule has 1 amide bonds. The van der Waals surface area contributed by atoms with Gasteiger partial charge in [0.2, 0.25) is 0 Å². The van der Waals surface area contributed by atoms with Gasteiger partial charge < -0.3 is 15.2 Å². The minimum absolute atomic E-state index is 0.194. The Morgan fingerprint density at radius 2 is 2.16 bits per heavy atom. The number of carbonyl (C=O) groups excluding carboxylic acids is 1. The smallest absolute Gasteiger partial charge is 0.326 e. The fourth-order valence-electron chi connectivity index (χ4n) is 1.42. The lowest BCUT2D eigenvalue weighted by molar-refractivity contribution is -0.139. The minimum Gasteiger partial charge on any atom is -0.480 e. The lowest BCUT2D eigenvalue weighted by atomic mass is 10.1. The van der Waals surface area contributed by atoms with Crippen molar-refractivity contribution in [3.05, 3.63) is 33.3 Å². The van der Waals surface area contributed by atoms with E-state index in [0.29, 0.717) is 15.1 Å². The molecule has 0 bridgehead atoms. The number of ether oxygens (including phenoxy) is 1. The van der Waals surface area contributed by atoms with Crippen molar-refractivity contribution in [3.63, 3.8) is 0 Å². The number of methoxy groups -OCH3 is 1. The zero-order chi connectivity index (χ0) is 14.4. The Kier molecular flexibility index (Phi) is 6.27. The average molecular weight is 351 g/mol. The van der Waals surface area contributed by atoms with E-state index in [1.165, 1.54) is 13.2 Å². The molecule has 1 rings (SSSR count). The molecule has 0 heterocycles. The number of carboxylic acid groups (broad SMARTS) is 1. The molecular formula is C12H13BrClNO4. The predicted octanol–water partition coefficient (Wildman–Crippen LogP) is 2.32. The van der Waals surface area contributed by atoms with Gasteiger partial charge in [0.25, 0.3) is 5.91 Å². The highest BCUT2D eigenvalue weighted by atomic mass is 79.9. The Labute approximate surface area is 124 Å². The van der Waals surface area contributed by atoms with Gasteiger partial charge in [-0.2, -0.15) is 0 Å². The van der Waals surface area contributed by atoms with Gasteiger partial charge in [-0.1, -0.05) is 27.5 Å².